The number of amides is 2. The number of piperazine rings is 1. The minimum Gasteiger partial charge on any atom is -0.340 e. The van der Waals surface area contributed by atoms with E-state index < -0.39 is 11.6 Å². The first-order chi connectivity index (χ1) is 13.9. The lowest BCUT2D eigenvalue weighted by Gasteiger charge is -2.34. The third-order valence-corrected chi connectivity index (χ3v) is 5.25. The van der Waals surface area contributed by atoms with Crippen molar-refractivity contribution in [3.8, 4) is 0 Å². The number of hydrogen-bond donors (Lipinski definition) is 1. The average molecular weight is 422 g/mol. The lowest BCUT2D eigenvalue weighted by atomic mass is 10.1. The van der Waals surface area contributed by atoms with Crippen LogP contribution in [0.3, 0.4) is 0 Å². The molecule has 0 radical (unpaired) electrons. The number of benzene rings is 2. The number of rotatable bonds is 6. The summed E-state index contributed by atoms with van der Waals surface area (Å²) in [5.74, 6) is -2.19. The number of nitrogens with zero attached hydrogens (tertiary/aromatic N) is 2. The van der Waals surface area contributed by atoms with Crippen molar-refractivity contribution in [1.82, 2.24) is 9.80 Å². The van der Waals surface area contributed by atoms with E-state index in [1.165, 1.54) is 6.07 Å². The molecule has 5 nitrogen and oxygen atoms in total. The Labute approximate surface area is 173 Å². The van der Waals surface area contributed by atoms with E-state index in [0.717, 1.165) is 17.7 Å². The number of hydrogen-bond acceptors (Lipinski definition) is 3. The van der Waals surface area contributed by atoms with Crippen LogP contribution in [0.2, 0.25) is 5.02 Å². The Balaban J connectivity index is 1.40. The van der Waals surface area contributed by atoms with E-state index in [-0.39, 0.29) is 30.3 Å². The van der Waals surface area contributed by atoms with E-state index in [1.807, 2.05) is 18.2 Å². The molecule has 2 aromatic rings. The highest BCUT2D eigenvalue weighted by molar-refractivity contribution is 6.31. The van der Waals surface area contributed by atoms with Gasteiger partial charge in [-0.05, 0) is 23.8 Å². The molecule has 8 heteroatoms. The van der Waals surface area contributed by atoms with E-state index in [2.05, 4.69) is 10.2 Å². The molecule has 1 fully saturated rings. The van der Waals surface area contributed by atoms with Crippen LogP contribution in [0.15, 0.2) is 42.5 Å². The zero-order chi connectivity index (χ0) is 20.8. The highest BCUT2D eigenvalue weighted by atomic mass is 35.5. The summed E-state index contributed by atoms with van der Waals surface area (Å²) in [6.45, 7) is 3.06. The van der Waals surface area contributed by atoms with Crippen LogP contribution in [0.4, 0.5) is 14.5 Å². The average Bonchev–Trinajstić information content (AvgIpc) is 2.71. The molecule has 0 bridgehead atoms. The van der Waals surface area contributed by atoms with Crippen LogP contribution in [-0.4, -0.2) is 54.3 Å². The SMILES string of the molecule is O=C(CCN1CCN(C(=O)Cc2ccccc2Cl)CC1)Nc1ccc(F)c(F)c1. The van der Waals surface area contributed by atoms with Crippen molar-refractivity contribution in [2.75, 3.05) is 38.0 Å². The fourth-order valence-corrected chi connectivity index (χ4v) is 3.40. The van der Waals surface area contributed by atoms with Crippen LogP contribution in [0.5, 0.6) is 0 Å². The van der Waals surface area contributed by atoms with Gasteiger partial charge in [0, 0.05) is 55.9 Å². The van der Waals surface area contributed by atoms with Crippen LogP contribution in [0.1, 0.15) is 12.0 Å². The first kappa shape index (κ1) is 21.2. The second-order valence-corrected chi connectivity index (χ2v) is 7.32. The molecule has 3 rings (SSSR count). The van der Waals surface area contributed by atoms with E-state index in [9.17, 15) is 18.4 Å². The fourth-order valence-electron chi connectivity index (χ4n) is 3.19. The molecule has 2 amide bonds. The van der Waals surface area contributed by atoms with Crippen LogP contribution in [0, 0.1) is 11.6 Å². The molecule has 29 heavy (non-hydrogen) atoms. The van der Waals surface area contributed by atoms with E-state index in [4.69, 9.17) is 11.6 Å². The summed E-state index contributed by atoms with van der Waals surface area (Å²) < 4.78 is 26.1. The van der Waals surface area contributed by atoms with Gasteiger partial charge < -0.3 is 10.2 Å². The summed E-state index contributed by atoms with van der Waals surface area (Å²) in [5, 5.41) is 3.15. The van der Waals surface area contributed by atoms with Crippen LogP contribution < -0.4 is 5.32 Å². The Morgan fingerprint density at radius 2 is 1.72 bits per heavy atom. The van der Waals surface area contributed by atoms with Gasteiger partial charge in [-0.2, -0.15) is 0 Å². The molecule has 0 aliphatic carbocycles. The third kappa shape index (κ3) is 5.98. The topological polar surface area (TPSA) is 52.7 Å². The largest absolute Gasteiger partial charge is 0.340 e. The van der Waals surface area contributed by atoms with Gasteiger partial charge >= 0.3 is 0 Å². The van der Waals surface area contributed by atoms with Crippen molar-refractivity contribution in [2.24, 2.45) is 0 Å². The molecule has 1 heterocycles. The Morgan fingerprint density at radius 1 is 1.00 bits per heavy atom. The zero-order valence-corrected chi connectivity index (χ0v) is 16.6. The zero-order valence-electron chi connectivity index (χ0n) is 15.8. The number of carbonyl (C=O) groups is 2. The van der Waals surface area contributed by atoms with Gasteiger partial charge in [0.25, 0.3) is 0 Å². The summed E-state index contributed by atoms with van der Waals surface area (Å²) in [6.07, 6.45) is 0.503. The standard InChI is InChI=1S/C21H22ClF2N3O2/c22-17-4-2-1-3-15(17)13-21(29)27-11-9-26(10-12-27)8-7-20(28)25-16-5-6-18(23)19(24)14-16/h1-6,14H,7-13H2,(H,25,28). The molecule has 0 aromatic heterocycles. The lowest BCUT2D eigenvalue weighted by molar-refractivity contribution is -0.132. The highest BCUT2D eigenvalue weighted by Gasteiger charge is 2.22. The predicted octanol–water partition coefficient (Wildman–Crippen LogP) is 3.33. The minimum atomic E-state index is -1.000. The van der Waals surface area contributed by atoms with Crippen molar-refractivity contribution in [3.63, 3.8) is 0 Å². The van der Waals surface area contributed by atoms with Gasteiger partial charge in [-0.15, -0.1) is 0 Å². The molecule has 1 N–H and O–H groups in total. The quantitative estimate of drug-likeness (QED) is 0.778. The van der Waals surface area contributed by atoms with Crippen LogP contribution in [-0.2, 0) is 16.0 Å². The van der Waals surface area contributed by atoms with E-state index >= 15 is 0 Å². The van der Waals surface area contributed by atoms with Crippen molar-refractivity contribution in [3.05, 3.63) is 64.7 Å². The van der Waals surface area contributed by atoms with Crippen LogP contribution in [0.25, 0.3) is 0 Å². The van der Waals surface area contributed by atoms with E-state index in [1.54, 1.807) is 11.0 Å². The maximum atomic E-state index is 13.2. The van der Waals surface area contributed by atoms with Gasteiger partial charge in [0.15, 0.2) is 11.6 Å². The molecule has 0 atom stereocenters. The summed E-state index contributed by atoms with van der Waals surface area (Å²) >= 11 is 6.12. The van der Waals surface area contributed by atoms with Crippen LogP contribution >= 0.6 is 11.6 Å². The molecule has 1 aliphatic heterocycles. The second kappa shape index (κ2) is 9.80. The Bertz CT molecular complexity index is 886. The van der Waals surface area contributed by atoms with Gasteiger partial charge in [0.2, 0.25) is 11.8 Å². The first-order valence-electron chi connectivity index (χ1n) is 9.41. The normalized spacial score (nSPS) is 14.7. The van der Waals surface area contributed by atoms with Crippen molar-refractivity contribution in [1.29, 1.82) is 0 Å². The molecule has 0 saturated carbocycles. The Kier molecular flexibility index (Phi) is 7.17. The molecule has 2 aromatic carbocycles. The number of nitrogens with one attached hydrogen (secondary N) is 1. The molecular formula is C21H22ClF2N3O2. The van der Waals surface area contributed by atoms with Gasteiger partial charge in [0.1, 0.15) is 0 Å². The lowest BCUT2D eigenvalue weighted by Crippen LogP contribution is -2.49. The molecule has 0 spiro atoms. The third-order valence-electron chi connectivity index (χ3n) is 4.88. The summed E-state index contributed by atoms with van der Waals surface area (Å²) in [4.78, 5) is 28.4. The summed E-state index contributed by atoms with van der Waals surface area (Å²) in [7, 11) is 0. The number of carbonyl (C=O) groups excluding carboxylic acids is 2. The molecule has 154 valence electrons. The maximum absolute atomic E-state index is 13.2. The highest BCUT2D eigenvalue weighted by Crippen LogP contribution is 2.17. The van der Waals surface area contributed by atoms with Gasteiger partial charge in [-0.25, -0.2) is 8.78 Å². The smallest absolute Gasteiger partial charge is 0.227 e. The molecule has 1 saturated heterocycles. The molecule has 1 aliphatic rings. The van der Waals surface area contributed by atoms with E-state index in [0.29, 0.717) is 37.7 Å². The Hall–Kier alpha value is -2.51. The first-order valence-corrected chi connectivity index (χ1v) is 9.78. The monoisotopic (exact) mass is 421 g/mol. The van der Waals surface area contributed by atoms with Crippen molar-refractivity contribution < 1.29 is 18.4 Å². The molecule has 0 unspecified atom stereocenters. The Morgan fingerprint density at radius 3 is 2.41 bits per heavy atom. The minimum absolute atomic E-state index is 0.0360. The maximum Gasteiger partial charge on any atom is 0.227 e. The fraction of sp³-hybridized carbons (Fsp3) is 0.333. The predicted molar refractivity (Wildman–Crippen MR) is 108 cm³/mol. The van der Waals surface area contributed by atoms with Gasteiger partial charge in [0.05, 0.1) is 6.42 Å². The van der Waals surface area contributed by atoms with Crippen molar-refractivity contribution in [2.45, 2.75) is 12.8 Å². The summed E-state index contributed by atoms with van der Waals surface area (Å²) in [6, 6.07) is 10.6. The molecular weight excluding hydrogens is 400 g/mol. The number of halogens is 3. The van der Waals surface area contributed by atoms with Gasteiger partial charge in [-0.1, -0.05) is 29.8 Å². The number of anilines is 1. The second-order valence-electron chi connectivity index (χ2n) is 6.92. The van der Waals surface area contributed by atoms with Crippen molar-refractivity contribution >= 4 is 29.1 Å². The van der Waals surface area contributed by atoms with Gasteiger partial charge in [-0.3, -0.25) is 14.5 Å². The summed E-state index contributed by atoms with van der Waals surface area (Å²) in [5.41, 5.74) is 1.04.